The lowest BCUT2D eigenvalue weighted by Gasteiger charge is -2.15. The van der Waals surface area contributed by atoms with Crippen LogP contribution in [0.3, 0.4) is 0 Å². The van der Waals surface area contributed by atoms with E-state index >= 15 is 0 Å². The van der Waals surface area contributed by atoms with E-state index in [2.05, 4.69) is 62.1 Å². The summed E-state index contributed by atoms with van der Waals surface area (Å²) in [4.78, 5) is 2.18. The Bertz CT molecular complexity index is 327. The molecule has 0 saturated heterocycles. The normalized spacial score (nSPS) is 12.5. The van der Waals surface area contributed by atoms with E-state index in [-0.39, 0.29) is 0 Å². The smallest absolute Gasteiger partial charge is 0.0342 e. The fraction of sp³-hybridized carbons (Fsp3) is 0.467. The van der Waals surface area contributed by atoms with Crippen LogP contribution >= 0.6 is 0 Å². The van der Waals surface area contributed by atoms with Crippen LogP contribution in [0, 0.1) is 0 Å². The maximum atomic E-state index is 3.75. The molecule has 94 valence electrons. The van der Waals surface area contributed by atoms with Crippen LogP contribution in [0.4, 0.5) is 5.69 Å². The monoisotopic (exact) mass is 232 g/mol. The zero-order chi connectivity index (χ0) is 12.7. The van der Waals surface area contributed by atoms with Crippen molar-refractivity contribution in [2.45, 2.75) is 32.4 Å². The molecule has 0 saturated carbocycles. The Balaban J connectivity index is 2.47. The van der Waals surface area contributed by atoms with Crippen LogP contribution in [0.2, 0.25) is 0 Å². The summed E-state index contributed by atoms with van der Waals surface area (Å²) < 4.78 is 0. The van der Waals surface area contributed by atoms with E-state index in [0.717, 1.165) is 19.4 Å². The minimum absolute atomic E-state index is 0.493. The summed E-state index contributed by atoms with van der Waals surface area (Å²) in [5, 5.41) is 3.50. The molecule has 2 nitrogen and oxygen atoms in total. The molecule has 0 heterocycles. The molecule has 1 unspecified atom stereocenters. The lowest BCUT2D eigenvalue weighted by atomic mass is 10.1. The molecule has 1 N–H and O–H groups in total. The molecule has 0 spiro atoms. The maximum absolute atomic E-state index is 3.75. The van der Waals surface area contributed by atoms with E-state index in [9.17, 15) is 0 Å². The molecule has 0 bridgehead atoms. The third-order valence-electron chi connectivity index (χ3n) is 2.67. The third-order valence-corrected chi connectivity index (χ3v) is 2.67. The first-order valence-electron chi connectivity index (χ1n) is 6.23. The van der Waals surface area contributed by atoms with Gasteiger partial charge in [-0.15, -0.1) is 6.58 Å². The lowest BCUT2D eigenvalue weighted by Crippen LogP contribution is -2.14. The van der Waals surface area contributed by atoms with E-state index in [1.165, 1.54) is 11.3 Å². The second kappa shape index (κ2) is 7.13. The fourth-order valence-corrected chi connectivity index (χ4v) is 1.80. The molecule has 0 aromatic heterocycles. The van der Waals surface area contributed by atoms with Crippen LogP contribution in [0.15, 0.2) is 36.9 Å². The van der Waals surface area contributed by atoms with Gasteiger partial charge in [-0.2, -0.15) is 0 Å². The first-order valence-corrected chi connectivity index (χ1v) is 6.23. The van der Waals surface area contributed by atoms with Gasteiger partial charge in [-0.1, -0.05) is 18.2 Å². The van der Waals surface area contributed by atoms with Crippen LogP contribution in [-0.2, 0) is 6.54 Å². The maximum Gasteiger partial charge on any atom is 0.0342 e. The zero-order valence-corrected chi connectivity index (χ0v) is 11.2. The SMILES string of the molecule is C=CCCC(C)Nc1ccc(CN(C)C)cc1. The largest absolute Gasteiger partial charge is 0.383 e. The van der Waals surface area contributed by atoms with Gasteiger partial charge in [0, 0.05) is 18.3 Å². The second-order valence-corrected chi connectivity index (χ2v) is 4.85. The Hall–Kier alpha value is -1.28. The average molecular weight is 232 g/mol. The van der Waals surface area contributed by atoms with E-state index in [4.69, 9.17) is 0 Å². The summed E-state index contributed by atoms with van der Waals surface area (Å²) in [7, 11) is 4.17. The summed E-state index contributed by atoms with van der Waals surface area (Å²) in [6, 6.07) is 9.17. The number of anilines is 1. The highest BCUT2D eigenvalue weighted by Gasteiger charge is 2.01. The van der Waals surface area contributed by atoms with Crippen molar-refractivity contribution < 1.29 is 0 Å². The molecular formula is C15H24N2. The predicted octanol–water partition coefficient (Wildman–Crippen LogP) is 3.51. The highest BCUT2D eigenvalue weighted by Crippen LogP contribution is 2.13. The van der Waals surface area contributed by atoms with Crippen molar-refractivity contribution in [1.82, 2.24) is 4.90 Å². The molecule has 0 aliphatic heterocycles. The number of hydrogen-bond acceptors (Lipinski definition) is 2. The van der Waals surface area contributed by atoms with Gasteiger partial charge < -0.3 is 10.2 Å². The van der Waals surface area contributed by atoms with Gasteiger partial charge in [0.1, 0.15) is 0 Å². The van der Waals surface area contributed by atoms with Crippen molar-refractivity contribution in [3.63, 3.8) is 0 Å². The van der Waals surface area contributed by atoms with Crippen LogP contribution in [-0.4, -0.2) is 25.0 Å². The molecule has 1 atom stereocenters. The summed E-state index contributed by atoms with van der Waals surface area (Å²) in [6.07, 6.45) is 4.16. The molecule has 0 aliphatic rings. The standard InChI is InChI=1S/C15H24N2/c1-5-6-7-13(2)16-15-10-8-14(9-11-15)12-17(3)4/h5,8-11,13,16H,1,6-7,12H2,2-4H3. The van der Waals surface area contributed by atoms with Crippen molar-refractivity contribution in [2.24, 2.45) is 0 Å². The highest BCUT2D eigenvalue weighted by atomic mass is 15.0. The Labute approximate surface area is 105 Å². The molecule has 0 radical (unpaired) electrons. The zero-order valence-electron chi connectivity index (χ0n) is 11.2. The third kappa shape index (κ3) is 5.55. The molecular weight excluding hydrogens is 208 g/mol. The molecule has 2 heteroatoms. The Morgan fingerprint density at radius 2 is 1.94 bits per heavy atom. The Morgan fingerprint density at radius 3 is 2.47 bits per heavy atom. The van der Waals surface area contributed by atoms with E-state index in [1.807, 2.05) is 6.08 Å². The van der Waals surface area contributed by atoms with E-state index in [0.29, 0.717) is 6.04 Å². The van der Waals surface area contributed by atoms with Crippen molar-refractivity contribution in [3.8, 4) is 0 Å². The van der Waals surface area contributed by atoms with Gasteiger partial charge in [0.25, 0.3) is 0 Å². The molecule has 17 heavy (non-hydrogen) atoms. The molecule has 0 fully saturated rings. The first kappa shape index (κ1) is 13.8. The van der Waals surface area contributed by atoms with Crippen LogP contribution in [0.5, 0.6) is 0 Å². The molecule has 1 aromatic carbocycles. The van der Waals surface area contributed by atoms with Crippen LogP contribution < -0.4 is 5.32 Å². The van der Waals surface area contributed by atoms with Crippen molar-refractivity contribution in [3.05, 3.63) is 42.5 Å². The van der Waals surface area contributed by atoms with Crippen molar-refractivity contribution in [2.75, 3.05) is 19.4 Å². The average Bonchev–Trinajstić information content (AvgIpc) is 2.28. The first-order chi connectivity index (χ1) is 8.11. The van der Waals surface area contributed by atoms with Gasteiger partial charge in [0.15, 0.2) is 0 Å². The summed E-state index contributed by atoms with van der Waals surface area (Å²) in [6.45, 7) is 6.94. The Kier molecular flexibility index (Phi) is 5.78. The van der Waals surface area contributed by atoms with E-state index < -0.39 is 0 Å². The van der Waals surface area contributed by atoms with Crippen molar-refractivity contribution >= 4 is 5.69 Å². The van der Waals surface area contributed by atoms with Crippen LogP contribution in [0.25, 0.3) is 0 Å². The van der Waals surface area contributed by atoms with E-state index in [1.54, 1.807) is 0 Å². The fourth-order valence-electron chi connectivity index (χ4n) is 1.80. The topological polar surface area (TPSA) is 15.3 Å². The number of allylic oxidation sites excluding steroid dienone is 1. The van der Waals surface area contributed by atoms with Gasteiger partial charge in [-0.05, 0) is 51.6 Å². The molecule has 0 amide bonds. The minimum atomic E-state index is 0.493. The van der Waals surface area contributed by atoms with Gasteiger partial charge in [-0.3, -0.25) is 0 Å². The molecule has 0 aliphatic carbocycles. The highest BCUT2D eigenvalue weighted by molar-refractivity contribution is 5.45. The van der Waals surface area contributed by atoms with Gasteiger partial charge in [0.05, 0.1) is 0 Å². The number of nitrogens with zero attached hydrogens (tertiary/aromatic N) is 1. The lowest BCUT2D eigenvalue weighted by molar-refractivity contribution is 0.402. The predicted molar refractivity (Wildman–Crippen MR) is 76.3 cm³/mol. The number of benzene rings is 1. The minimum Gasteiger partial charge on any atom is -0.383 e. The number of nitrogens with one attached hydrogen (secondary N) is 1. The number of rotatable bonds is 7. The van der Waals surface area contributed by atoms with Crippen molar-refractivity contribution in [1.29, 1.82) is 0 Å². The van der Waals surface area contributed by atoms with Crippen LogP contribution in [0.1, 0.15) is 25.3 Å². The Morgan fingerprint density at radius 1 is 1.29 bits per heavy atom. The number of hydrogen-bond donors (Lipinski definition) is 1. The quantitative estimate of drug-likeness (QED) is 0.724. The van der Waals surface area contributed by atoms with Gasteiger partial charge in [-0.25, -0.2) is 0 Å². The summed E-state index contributed by atoms with van der Waals surface area (Å²) in [5.41, 5.74) is 2.54. The summed E-state index contributed by atoms with van der Waals surface area (Å²) in [5.74, 6) is 0. The van der Waals surface area contributed by atoms with Gasteiger partial charge in [0.2, 0.25) is 0 Å². The molecule has 1 rings (SSSR count). The summed E-state index contributed by atoms with van der Waals surface area (Å²) >= 11 is 0. The molecule has 1 aromatic rings. The van der Waals surface area contributed by atoms with Gasteiger partial charge >= 0.3 is 0 Å². The second-order valence-electron chi connectivity index (χ2n) is 4.85.